The van der Waals surface area contributed by atoms with Crippen LogP contribution in [0, 0.1) is 29.3 Å². The lowest BCUT2D eigenvalue weighted by molar-refractivity contribution is 0.303. The average Bonchev–Trinajstić information content (AvgIpc) is 2.82. The number of ether oxygens (including phenoxy) is 1. The van der Waals surface area contributed by atoms with Crippen LogP contribution in [0.5, 0.6) is 5.75 Å². The van der Waals surface area contributed by atoms with Gasteiger partial charge in [0, 0.05) is 6.07 Å². The standard InChI is InChI=1S/C29H37F3O/c1-3-33-24-15-17-25(27(30)18-24)21-11-6-20(7-12-21)8-13-23-14-16-26(29(32)28(23)31)22-9-4-19(2)5-10-22/h14-22H,3-13H2,1-2H3. The minimum atomic E-state index is -0.642. The largest absolute Gasteiger partial charge is 0.494 e. The van der Waals surface area contributed by atoms with Crippen LogP contribution in [-0.2, 0) is 6.42 Å². The van der Waals surface area contributed by atoms with Crippen LogP contribution in [0.4, 0.5) is 13.2 Å². The van der Waals surface area contributed by atoms with E-state index in [1.807, 2.05) is 31.2 Å². The molecule has 0 unspecified atom stereocenters. The highest BCUT2D eigenvalue weighted by Crippen LogP contribution is 2.40. The summed E-state index contributed by atoms with van der Waals surface area (Å²) < 4.78 is 49.6. The van der Waals surface area contributed by atoms with Crippen molar-refractivity contribution in [2.75, 3.05) is 6.61 Å². The second kappa shape index (κ2) is 11.0. The van der Waals surface area contributed by atoms with E-state index in [2.05, 4.69) is 6.92 Å². The van der Waals surface area contributed by atoms with E-state index in [1.165, 1.54) is 6.07 Å². The van der Waals surface area contributed by atoms with E-state index in [1.54, 1.807) is 0 Å². The summed E-state index contributed by atoms with van der Waals surface area (Å²) in [6.45, 7) is 4.65. The van der Waals surface area contributed by atoms with Crippen LogP contribution in [0.15, 0.2) is 30.3 Å². The van der Waals surface area contributed by atoms with E-state index in [0.29, 0.717) is 41.7 Å². The molecule has 2 aliphatic rings. The zero-order valence-electron chi connectivity index (χ0n) is 20.0. The Hall–Kier alpha value is -1.97. The molecule has 0 heterocycles. The number of hydrogen-bond donors (Lipinski definition) is 0. The fraction of sp³-hybridized carbons (Fsp3) is 0.586. The zero-order valence-corrected chi connectivity index (χ0v) is 20.0. The lowest BCUT2D eigenvalue weighted by atomic mass is 9.76. The predicted molar refractivity (Wildman–Crippen MR) is 127 cm³/mol. The van der Waals surface area contributed by atoms with Gasteiger partial charge in [-0.3, -0.25) is 0 Å². The summed E-state index contributed by atoms with van der Waals surface area (Å²) in [7, 11) is 0. The third-order valence-electron chi connectivity index (χ3n) is 8.04. The van der Waals surface area contributed by atoms with Gasteiger partial charge in [-0.25, -0.2) is 13.2 Å². The fourth-order valence-corrected chi connectivity index (χ4v) is 5.90. The third kappa shape index (κ3) is 5.75. The Morgan fingerprint density at radius 3 is 2.09 bits per heavy atom. The normalized spacial score (nSPS) is 25.7. The van der Waals surface area contributed by atoms with Crippen LogP contribution in [0.3, 0.4) is 0 Å². The minimum Gasteiger partial charge on any atom is -0.494 e. The molecule has 2 aliphatic carbocycles. The molecule has 0 spiro atoms. The van der Waals surface area contributed by atoms with Gasteiger partial charge >= 0.3 is 0 Å². The van der Waals surface area contributed by atoms with Gasteiger partial charge in [-0.1, -0.05) is 38.0 Å². The molecule has 180 valence electrons. The van der Waals surface area contributed by atoms with Gasteiger partial charge < -0.3 is 4.74 Å². The SMILES string of the molecule is CCOc1ccc(C2CCC(CCc3ccc(C4CCC(C)CC4)c(F)c3F)CC2)c(F)c1. The lowest BCUT2D eigenvalue weighted by Crippen LogP contribution is -2.16. The van der Waals surface area contributed by atoms with Gasteiger partial charge in [0.25, 0.3) is 0 Å². The van der Waals surface area contributed by atoms with Gasteiger partial charge in [0.1, 0.15) is 11.6 Å². The van der Waals surface area contributed by atoms with E-state index in [0.717, 1.165) is 63.4 Å². The van der Waals surface area contributed by atoms with E-state index in [9.17, 15) is 13.2 Å². The van der Waals surface area contributed by atoms with Crippen molar-refractivity contribution in [1.82, 2.24) is 0 Å². The number of halogens is 3. The summed E-state index contributed by atoms with van der Waals surface area (Å²) >= 11 is 0. The summed E-state index contributed by atoms with van der Waals surface area (Å²) in [4.78, 5) is 0. The molecule has 4 heteroatoms. The Kier molecular flexibility index (Phi) is 8.03. The maximum atomic E-state index is 14.8. The first-order valence-corrected chi connectivity index (χ1v) is 12.8. The molecule has 0 N–H and O–H groups in total. The number of aryl methyl sites for hydroxylation is 1. The van der Waals surface area contributed by atoms with Crippen LogP contribution < -0.4 is 4.74 Å². The van der Waals surface area contributed by atoms with Crippen molar-refractivity contribution in [2.45, 2.75) is 89.9 Å². The van der Waals surface area contributed by atoms with Crippen molar-refractivity contribution in [3.63, 3.8) is 0 Å². The van der Waals surface area contributed by atoms with E-state index in [-0.39, 0.29) is 17.7 Å². The van der Waals surface area contributed by atoms with Crippen molar-refractivity contribution in [3.05, 3.63) is 64.5 Å². The van der Waals surface area contributed by atoms with Gasteiger partial charge in [-0.05, 0) is 105 Å². The number of rotatable bonds is 7. The molecule has 0 amide bonds. The molecule has 1 nitrogen and oxygen atoms in total. The molecule has 2 aromatic carbocycles. The topological polar surface area (TPSA) is 9.23 Å². The van der Waals surface area contributed by atoms with Crippen LogP contribution >= 0.6 is 0 Å². The van der Waals surface area contributed by atoms with Crippen LogP contribution in [-0.4, -0.2) is 6.61 Å². The molecule has 0 atom stereocenters. The van der Waals surface area contributed by atoms with Crippen molar-refractivity contribution in [2.24, 2.45) is 11.8 Å². The quantitative estimate of drug-likeness (QED) is 0.403. The molecule has 0 aliphatic heterocycles. The van der Waals surface area contributed by atoms with Crippen molar-refractivity contribution >= 4 is 0 Å². The first-order valence-electron chi connectivity index (χ1n) is 12.8. The molecule has 0 radical (unpaired) electrons. The molecule has 33 heavy (non-hydrogen) atoms. The van der Waals surface area contributed by atoms with Crippen molar-refractivity contribution < 1.29 is 17.9 Å². The summed E-state index contributed by atoms with van der Waals surface area (Å²) in [5.74, 6) is 0.674. The second-order valence-corrected chi connectivity index (χ2v) is 10.3. The average molecular weight is 459 g/mol. The molecule has 0 aromatic heterocycles. The Balaban J connectivity index is 1.30. The number of benzene rings is 2. The number of hydrogen-bond acceptors (Lipinski definition) is 1. The summed E-state index contributed by atoms with van der Waals surface area (Å²) in [5.41, 5.74) is 1.85. The smallest absolute Gasteiger partial charge is 0.162 e. The van der Waals surface area contributed by atoms with Crippen molar-refractivity contribution in [3.8, 4) is 5.75 Å². The van der Waals surface area contributed by atoms with E-state index < -0.39 is 11.6 Å². The lowest BCUT2D eigenvalue weighted by Gasteiger charge is -2.29. The highest BCUT2D eigenvalue weighted by Gasteiger charge is 2.27. The molecule has 0 bridgehead atoms. The molecule has 2 fully saturated rings. The second-order valence-electron chi connectivity index (χ2n) is 10.3. The molecular formula is C29H37F3O. The summed E-state index contributed by atoms with van der Waals surface area (Å²) in [6, 6.07) is 8.84. The third-order valence-corrected chi connectivity index (χ3v) is 8.04. The molecule has 2 saturated carbocycles. The highest BCUT2D eigenvalue weighted by molar-refractivity contribution is 5.32. The molecule has 4 rings (SSSR count). The Bertz CT molecular complexity index is 925. The van der Waals surface area contributed by atoms with Gasteiger partial charge in [0.05, 0.1) is 6.61 Å². The van der Waals surface area contributed by atoms with E-state index in [4.69, 9.17) is 4.74 Å². The molecule has 0 saturated heterocycles. The zero-order chi connectivity index (χ0) is 23.4. The van der Waals surface area contributed by atoms with Gasteiger partial charge in [0.2, 0.25) is 0 Å². The van der Waals surface area contributed by atoms with Crippen LogP contribution in [0.25, 0.3) is 0 Å². The monoisotopic (exact) mass is 458 g/mol. The summed E-state index contributed by atoms with van der Waals surface area (Å²) in [6.07, 6.45) is 9.39. The fourth-order valence-electron chi connectivity index (χ4n) is 5.90. The Labute approximate surface area is 196 Å². The van der Waals surface area contributed by atoms with Gasteiger partial charge in [-0.2, -0.15) is 0 Å². The van der Waals surface area contributed by atoms with Crippen molar-refractivity contribution in [1.29, 1.82) is 0 Å². The summed E-state index contributed by atoms with van der Waals surface area (Å²) in [5, 5.41) is 0. The highest BCUT2D eigenvalue weighted by atomic mass is 19.2. The molecule has 2 aromatic rings. The molecular weight excluding hydrogens is 421 g/mol. The minimum absolute atomic E-state index is 0.156. The maximum Gasteiger partial charge on any atom is 0.162 e. The maximum absolute atomic E-state index is 14.8. The van der Waals surface area contributed by atoms with Crippen LogP contribution in [0.1, 0.15) is 100 Å². The Morgan fingerprint density at radius 1 is 0.788 bits per heavy atom. The van der Waals surface area contributed by atoms with Gasteiger partial charge in [-0.15, -0.1) is 0 Å². The first-order chi connectivity index (χ1) is 16.0. The van der Waals surface area contributed by atoms with Gasteiger partial charge in [0.15, 0.2) is 11.6 Å². The van der Waals surface area contributed by atoms with Crippen LogP contribution in [0.2, 0.25) is 0 Å². The van der Waals surface area contributed by atoms with E-state index >= 15 is 0 Å². The Morgan fingerprint density at radius 2 is 1.42 bits per heavy atom. The first kappa shape index (κ1) is 24.2. The predicted octanol–water partition coefficient (Wildman–Crippen LogP) is 8.70.